The average molecular weight is 897 g/mol. The zero-order chi connectivity index (χ0) is 63.7. The van der Waals surface area contributed by atoms with Crippen LogP contribution in [0.15, 0.2) is 158 Å². The van der Waals surface area contributed by atoms with Gasteiger partial charge in [0, 0.05) is 39.3 Å². The second-order valence-corrected chi connectivity index (χ2v) is 19.3. The van der Waals surface area contributed by atoms with Crippen LogP contribution in [0, 0.1) is 20.7 Å². The number of aromatic nitrogens is 3. The fourth-order valence-electron chi connectivity index (χ4n) is 8.45. The molecule has 0 radical (unpaired) electrons. The number of hydrogen-bond acceptors (Lipinski definition) is 3. The van der Waals surface area contributed by atoms with Gasteiger partial charge in [0.25, 0.3) is 0 Å². The summed E-state index contributed by atoms with van der Waals surface area (Å²) in [5, 5.41) is 12.1. The molecule has 2 aromatic heterocycles. The van der Waals surface area contributed by atoms with Crippen LogP contribution in [0.25, 0.3) is 83.9 Å². The lowest BCUT2D eigenvalue weighted by molar-refractivity contribution is 0.472. The van der Waals surface area contributed by atoms with Gasteiger partial charge >= 0.3 is 0 Å². The number of para-hydroxylation sites is 1. The lowest BCUT2D eigenvalue weighted by Crippen LogP contribution is -2.11. The summed E-state index contributed by atoms with van der Waals surface area (Å²) in [5.74, 6) is 0.266. The Morgan fingerprint density at radius 2 is 1.24 bits per heavy atom. The SMILES string of the molecule is [2H]c1nc(-c2cc(-c3cccc4c3nc(-c3cc(C)cc(C)c3O)n4-c3cc(-c4ccccc4)c(C([2H])([2H])[2H])cc3-c3ccc(C(C)(C)C)cc3)cc(C(C)(C)C)c2)c([2H])c(-c2c([2H])c([2H])c(C(C([2H])([2H])[2H])(C([2H])([2H])[2H])C([2H])([2H])[2H])c([2H])c2[2H])c1[2H]. The number of pyridine rings is 1. The van der Waals surface area contributed by atoms with Crippen LogP contribution in [-0.4, -0.2) is 19.6 Å². The van der Waals surface area contributed by atoms with Crippen LogP contribution in [0.4, 0.5) is 0 Å². The summed E-state index contributed by atoms with van der Waals surface area (Å²) < 4.78 is 168. The molecule has 0 bridgehead atoms. The average Bonchev–Trinajstić information content (AvgIpc) is 0.764. The molecule has 9 aromatic rings. The highest BCUT2D eigenvalue weighted by molar-refractivity contribution is 5.98. The molecule has 4 heteroatoms. The number of phenolic OH excluding ortho intramolecular Hbond substituents is 1. The molecule has 0 aliphatic carbocycles. The maximum Gasteiger partial charge on any atom is 0.149 e. The van der Waals surface area contributed by atoms with E-state index in [0.29, 0.717) is 72.6 Å². The van der Waals surface area contributed by atoms with Crippen molar-refractivity contribution in [3.8, 4) is 78.6 Å². The van der Waals surface area contributed by atoms with E-state index in [1.54, 1.807) is 25.1 Å². The molecule has 0 aliphatic heterocycles. The minimum absolute atomic E-state index is 0.0411. The van der Waals surface area contributed by atoms with Crippen LogP contribution in [0.1, 0.15) is 122 Å². The molecule has 4 nitrogen and oxygen atoms in total. The molecular weight excluding hydrogens is 815 g/mol. The first-order valence-electron chi connectivity index (χ1n) is 31.6. The third kappa shape index (κ3) is 8.86. The lowest BCUT2D eigenvalue weighted by atomic mass is 9.83. The smallest absolute Gasteiger partial charge is 0.149 e. The first-order chi connectivity index (χ1) is 39.6. The summed E-state index contributed by atoms with van der Waals surface area (Å²) >= 11 is 0. The highest BCUT2D eigenvalue weighted by Gasteiger charge is 2.26. The van der Waals surface area contributed by atoms with Crippen molar-refractivity contribution >= 4 is 11.0 Å². The Labute approximate surface area is 424 Å². The van der Waals surface area contributed by atoms with Gasteiger partial charge in [-0.15, -0.1) is 0 Å². The summed E-state index contributed by atoms with van der Waals surface area (Å²) in [6.07, 6.45) is -0.765. The molecule has 0 fully saturated rings. The van der Waals surface area contributed by atoms with E-state index < -0.39 is 97.4 Å². The third-order valence-electron chi connectivity index (χ3n) is 12.1. The van der Waals surface area contributed by atoms with Crippen LogP contribution >= 0.6 is 0 Å². The second kappa shape index (κ2) is 17.0. The van der Waals surface area contributed by atoms with Gasteiger partial charge in [-0.3, -0.25) is 9.55 Å². The van der Waals surface area contributed by atoms with E-state index in [9.17, 15) is 9.22 Å². The van der Waals surface area contributed by atoms with E-state index in [2.05, 4.69) is 25.8 Å². The topological polar surface area (TPSA) is 50.9 Å². The van der Waals surface area contributed by atoms with Crippen LogP contribution in [0.2, 0.25) is 0 Å². The predicted octanol–water partition coefficient (Wildman–Crippen LogP) is 16.9. The van der Waals surface area contributed by atoms with E-state index in [4.69, 9.17) is 26.9 Å². The second-order valence-electron chi connectivity index (χ2n) is 19.3. The van der Waals surface area contributed by atoms with Crippen molar-refractivity contribution in [2.24, 2.45) is 0 Å². The van der Waals surface area contributed by atoms with Crippen molar-refractivity contribution in [3.05, 3.63) is 191 Å². The van der Waals surface area contributed by atoms with Gasteiger partial charge in [0.15, 0.2) is 0 Å². The number of aromatic hydroxyl groups is 1. The molecule has 336 valence electrons. The third-order valence-corrected chi connectivity index (χ3v) is 12.1. The fraction of sp³-hybridized carbons (Fsp3) is 0.238. The zero-order valence-electron chi connectivity index (χ0n) is 57.8. The van der Waals surface area contributed by atoms with Gasteiger partial charge in [0.05, 0.1) is 37.6 Å². The molecule has 2 heterocycles. The fourth-order valence-corrected chi connectivity index (χ4v) is 8.45. The number of rotatable bonds is 7. The van der Waals surface area contributed by atoms with Crippen LogP contribution in [0.5, 0.6) is 5.75 Å². The number of nitrogens with zero attached hydrogens (tertiary/aromatic N) is 3. The predicted molar refractivity (Wildman–Crippen MR) is 283 cm³/mol. The number of hydrogen-bond donors (Lipinski definition) is 1. The Bertz CT molecular complexity index is 4120. The van der Waals surface area contributed by atoms with E-state index in [0.717, 1.165) is 11.1 Å². The highest BCUT2D eigenvalue weighted by atomic mass is 16.3. The van der Waals surface area contributed by atoms with Gasteiger partial charge in [-0.05, 0) is 152 Å². The summed E-state index contributed by atoms with van der Waals surface area (Å²) in [6.45, 7) is 1.42. The van der Waals surface area contributed by atoms with Gasteiger partial charge in [-0.2, -0.15) is 0 Å². The summed E-state index contributed by atoms with van der Waals surface area (Å²) in [7, 11) is 0. The van der Waals surface area contributed by atoms with Gasteiger partial charge in [0.1, 0.15) is 11.6 Å². The summed E-state index contributed by atoms with van der Waals surface area (Å²) in [6, 6.07) is 28.8. The first-order valence-corrected chi connectivity index (χ1v) is 22.1. The molecule has 0 aliphatic rings. The first kappa shape index (κ1) is 27.6. The Balaban J connectivity index is 1.37. The maximum absolute atomic E-state index is 12.1. The maximum atomic E-state index is 12.1. The Morgan fingerprint density at radius 3 is 1.93 bits per heavy atom. The van der Waals surface area contributed by atoms with Gasteiger partial charge in [-0.1, -0.05) is 165 Å². The monoisotopic (exact) mass is 897 g/mol. The number of aryl methyl sites for hydroxylation is 3. The zero-order valence-corrected chi connectivity index (χ0v) is 38.8. The van der Waals surface area contributed by atoms with Crippen LogP contribution in [-0.2, 0) is 16.2 Å². The van der Waals surface area contributed by atoms with Crippen LogP contribution < -0.4 is 0 Å². The minimum Gasteiger partial charge on any atom is -0.507 e. The van der Waals surface area contributed by atoms with Crippen molar-refractivity contribution in [1.29, 1.82) is 0 Å². The normalized spacial score (nSPS) is 17.1. The number of fused-ring (bicyclic) bond motifs is 1. The molecule has 0 saturated carbocycles. The van der Waals surface area contributed by atoms with Crippen molar-refractivity contribution < 1.29 is 31.2 Å². The molecule has 0 amide bonds. The number of phenols is 1. The standard InChI is InChI=1S/C63H63N3O/c1-39-31-41(3)59(67)54(32-39)60-65-58-51(46-34-47(36-50(35-46)63(10,11)12)55-37-45(29-30-64-55)42-21-25-48(26-22-42)61(4,5)6)19-16-20-56(58)66(60)57-38-52(43-17-14-13-15-18-43)40(2)33-53(57)44-23-27-49(28-24-44)62(7,8)9/h13-38,67H,1-12H3/i2D3,4D3,5D3,6D3,21D,22D,25D,26D,29D,30D,37D. The quantitative estimate of drug-likeness (QED) is 0.173. The highest BCUT2D eigenvalue weighted by Crippen LogP contribution is 2.44. The Kier molecular flexibility index (Phi) is 6.99. The molecule has 7 aromatic carbocycles. The Morgan fingerprint density at radius 1 is 0.537 bits per heavy atom. The molecule has 67 heavy (non-hydrogen) atoms. The van der Waals surface area contributed by atoms with Gasteiger partial charge < -0.3 is 5.11 Å². The molecule has 0 saturated heterocycles. The lowest BCUT2D eigenvalue weighted by Gasteiger charge is -2.22. The van der Waals surface area contributed by atoms with Crippen molar-refractivity contribution in [2.45, 2.75) is 99.0 Å². The van der Waals surface area contributed by atoms with Gasteiger partial charge in [-0.25, -0.2) is 4.98 Å². The van der Waals surface area contributed by atoms with Crippen molar-refractivity contribution in [1.82, 2.24) is 14.5 Å². The molecule has 0 unspecified atom stereocenters. The summed E-state index contributed by atoms with van der Waals surface area (Å²) in [4.78, 5) is 9.84. The molecule has 0 atom stereocenters. The van der Waals surface area contributed by atoms with E-state index in [-0.39, 0.29) is 28.0 Å². The number of imidazole rings is 1. The van der Waals surface area contributed by atoms with Crippen molar-refractivity contribution in [3.63, 3.8) is 0 Å². The Hall–Kier alpha value is -7.04. The minimum atomic E-state index is -3.95. The number of benzene rings is 7. The van der Waals surface area contributed by atoms with E-state index in [1.165, 1.54) is 0 Å². The summed E-state index contributed by atoms with van der Waals surface area (Å²) in [5.41, 5.74) is 0.811. The van der Waals surface area contributed by atoms with Crippen LogP contribution in [0.3, 0.4) is 0 Å². The largest absolute Gasteiger partial charge is 0.507 e. The molecule has 0 spiro atoms. The molecule has 9 rings (SSSR count). The van der Waals surface area contributed by atoms with E-state index >= 15 is 0 Å². The van der Waals surface area contributed by atoms with Gasteiger partial charge in [0.2, 0.25) is 0 Å². The molecular formula is C63H63N3O. The van der Waals surface area contributed by atoms with E-state index in [1.807, 2.05) is 129 Å². The van der Waals surface area contributed by atoms with Crippen molar-refractivity contribution in [2.75, 3.05) is 0 Å². The molecule has 1 N–H and O–H groups in total.